The van der Waals surface area contributed by atoms with Gasteiger partial charge in [0.2, 0.25) is 5.78 Å². The van der Waals surface area contributed by atoms with Gasteiger partial charge in [-0.25, -0.2) is 0 Å². The highest BCUT2D eigenvalue weighted by molar-refractivity contribution is 7.85. The molecular formula is C27H45NO7S. The van der Waals surface area contributed by atoms with E-state index in [9.17, 15) is 28.2 Å². The van der Waals surface area contributed by atoms with Crippen LogP contribution >= 0.6 is 0 Å². The molecule has 0 unspecified atom stereocenters. The minimum atomic E-state index is -4.19. The van der Waals surface area contributed by atoms with E-state index in [2.05, 4.69) is 26.1 Å². The molecule has 4 N–H and O–H groups in total. The molecule has 4 aliphatic carbocycles. The fourth-order valence-electron chi connectivity index (χ4n) is 9.23. The maximum Gasteiger partial charge on any atom is 0.287 e. The predicted octanol–water partition coefficient (Wildman–Crippen LogP) is 2.97. The van der Waals surface area contributed by atoms with Crippen molar-refractivity contribution in [3.05, 3.63) is 0 Å². The Morgan fingerprint density at radius 2 is 1.75 bits per heavy atom. The summed E-state index contributed by atoms with van der Waals surface area (Å²) >= 11 is 0. The van der Waals surface area contributed by atoms with Gasteiger partial charge in [-0.05, 0) is 104 Å². The molecule has 0 aliphatic heterocycles. The molecule has 0 aromatic rings. The van der Waals surface area contributed by atoms with Crippen LogP contribution in [0.3, 0.4) is 0 Å². The zero-order chi connectivity index (χ0) is 26.5. The lowest BCUT2D eigenvalue weighted by Crippen LogP contribution is -2.58. The number of carbonyl (C=O) groups is 2. The van der Waals surface area contributed by atoms with Gasteiger partial charge in [-0.2, -0.15) is 8.42 Å². The third-order valence-corrected chi connectivity index (χ3v) is 11.9. The lowest BCUT2D eigenvalue weighted by molar-refractivity contribution is -0.175. The molecule has 36 heavy (non-hydrogen) atoms. The van der Waals surface area contributed by atoms with E-state index in [-0.39, 0.29) is 47.8 Å². The lowest BCUT2D eigenvalue weighted by atomic mass is 9.43. The van der Waals surface area contributed by atoms with Crippen LogP contribution in [-0.4, -0.2) is 59.4 Å². The second-order valence-electron chi connectivity index (χ2n) is 12.9. The number of aliphatic hydroxyl groups is 2. The molecule has 10 atom stereocenters. The molecule has 0 radical (unpaired) electrons. The summed E-state index contributed by atoms with van der Waals surface area (Å²) in [6, 6.07) is 0. The van der Waals surface area contributed by atoms with Gasteiger partial charge in [0.25, 0.3) is 16.0 Å². The normalized spacial score (nSPS) is 43.1. The zero-order valence-electron chi connectivity index (χ0n) is 22.0. The SMILES string of the molecule is C[C@H](CCC(=O)C(=O)NCCS(=O)(=O)O)[C@H]1CC[C@H]2[C@@H]3CC[C@@H]4C[C@H](O)CC[C@]4(C)[C@H]3C[C@H](O)[C@]12C. The van der Waals surface area contributed by atoms with E-state index in [1.807, 2.05) is 0 Å². The number of carbonyl (C=O) groups excluding carboxylic acids is 2. The third kappa shape index (κ3) is 5.14. The van der Waals surface area contributed by atoms with Gasteiger partial charge in [-0.1, -0.05) is 20.8 Å². The number of ketones is 1. The van der Waals surface area contributed by atoms with Crippen molar-refractivity contribution in [1.82, 2.24) is 5.32 Å². The number of rotatable bonds is 8. The maximum atomic E-state index is 12.3. The molecule has 4 aliphatic rings. The summed E-state index contributed by atoms with van der Waals surface area (Å²) < 4.78 is 30.4. The van der Waals surface area contributed by atoms with Crippen molar-refractivity contribution in [2.24, 2.45) is 46.3 Å². The van der Waals surface area contributed by atoms with Crippen molar-refractivity contribution in [3.63, 3.8) is 0 Å². The first-order valence-corrected chi connectivity index (χ1v) is 15.5. The number of hydrogen-bond acceptors (Lipinski definition) is 6. The van der Waals surface area contributed by atoms with Gasteiger partial charge in [-0.15, -0.1) is 0 Å². The Bertz CT molecular complexity index is 954. The Hall–Kier alpha value is -1.03. The predicted molar refractivity (Wildman–Crippen MR) is 135 cm³/mol. The van der Waals surface area contributed by atoms with Gasteiger partial charge in [0.15, 0.2) is 0 Å². The van der Waals surface area contributed by atoms with Crippen molar-refractivity contribution in [1.29, 1.82) is 0 Å². The Balaban J connectivity index is 1.38. The number of hydrogen-bond donors (Lipinski definition) is 4. The number of Topliss-reactive ketones (excluding diaryl/α,β-unsaturated/α-hetero) is 1. The molecule has 0 heterocycles. The largest absolute Gasteiger partial charge is 0.393 e. The second-order valence-corrected chi connectivity index (χ2v) is 14.4. The molecule has 0 aromatic heterocycles. The molecule has 0 saturated heterocycles. The van der Waals surface area contributed by atoms with Crippen molar-refractivity contribution >= 4 is 21.8 Å². The van der Waals surface area contributed by atoms with Gasteiger partial charge in [0, 0.05) is 13.0 Å². The van der Waals surface area contributed by atoms with Gasteiger partial charge < -0.3 is 15.5 Å². The molecule has 4 rings (SSSR count). The molecule has 9 heteroatoms. The number of fused-ring (bicyclic) bond motifs is 5. The van der Waals surface area contributed by atoms with Crippen LogP contribution in [0.5, 0.6) is 0 Å². The summed E-state index contributed by atoms with van der Waals surface area (Å²) in [6.07, 6.45) is 8.16. The summed E-state index contributed by atoms with van der Waals surface area (Å²) in [6.45, 7) is 6.50. The molecule has 0 aromatic carbocycles. The first-order chi connectivity index (χ1) is 16.8. The van der Waals surface area contributed by atoms with Crippen LogP contribution < -0.4 is 5.32 Å². The molecule has 1 amide bonds. The molecule has 4 saturated carbocycles. The quantitative estimate of drug-likeness (QED) is 0.281. The van der Waals surface area contributed by atoms with Crippen molar-refractivity contribution in [3.8, 4) is 0 Å². The fourth-order valence-corrected chi connectivity index (χ4v) is 9.59. The highest BCUT2D eigenvalue weighted by Crippen LogP contribution is 2.68. The second kappa shape index (κ2) is 10.3. The summed E-state index contributed by atoms with van der Waals surface area (Å²) in [4.78, 5) is 24.4. The van der Waals surface area contributed by atoms with Gasteiger partial charge in [0.1, 0.15) is 0 Å². The summed E-state index contributed by atoms with van der Waals surface area (Å²) in [7, 11) is -4.19. The van der Waals surface area contributed by atoms with E-state index in [1.54, 1.807) is 0 Å². The van der Waals surface area contributed by atoms with E-state index in [4.69, 9.17) is 4.55 Å². The summed E-state index contributed by atoms with van der Waals surface area (Å²) in [5, 5.41) is 24.2. The molecule has 0 bridgehead atoms. The smallest absolute Gasteiger partial charge is 0.287 e. The average Bonchev–Trinajstić information content (AvgIpc) is 3.16. The number of nitrogens with one attached hydrogen (secondary N) is 1. The Morgan fingerprint density at radius 1 is 1.03 bits per heavy atom. The topological polar surface area (TPSA) is 141 Å². The standard InChI is InChI=1S/C27H45NO7S/c1-16(4-9-23(30)25(32)28-12-13-36(33,34)35)20-7-8-21-19-6-5-17-14-18(29)10-11-26(17,2)22(19)15-24(31)27(20,21)3/h16-22,24,29,31H,4-15H2,1-3H3,(H,28,32)(H,33,34,35)/t16-,17-,18-,19+,20-,21+,22+,24+,26+,27-/m1/s1. The number of aliphatic hydroxyl groups excluding tert-OH is 2. The van der Waals surface area contributed by atoms with E-state index >= 15 is 0 Å². The molecule has 206 valence electrons. The van der Waals surface area contributed by atoms with Gasteiger partial charge >= 0.3 is 0 Å². The van der Waals surface area contributed by atoms with Crippen LogP contribution in [0.2, 0.25) is 0 Å². The first-order valence-electron chi connectivity index (χ1n) is 13.9. The molecule has 8 nitrogen and oxygen atoms in total. The lowest BCUT2D eigenvalue weighted by Gasteiger charge is -2.62. The average molecular weight is 528 g/mol. The summed E-state index contributed by atoms with van der Waals surface area (Å²) in [5.41, 5.74) is 0.00203. The highest BCUT2D eigenvalue weighted by atomic mass is 32.2. The Kier molecular flexibility index (Phi) is 7.98. The number of amides is 1. The minimum Gasteiger partial charge on any atom is -0.393 e. The van der Waals surface area contributed by atoms with Crippen LogP contribution in [0.25, 0.3) is 0 Å². The van der Waals surface area contributed by atoms with Crippen LogP contribution in [0.4, 0.5) is 0 Å². The molecule has 0 spiro atoms. The zero-order valence-corrected chi connectivity index (χ0v) is 22.8. The maximum absolute atomic E-state index is 12.3. The molecule has 4 fully saturated rings. The monoisotopic (exact) mass is 527 g/mol. The van der Waals surface area contributed by atoms with Crippen molar-refractivity contribution in [2.75, 3.05) is 12.3 Å². The summed E-state index contributed by atoms with van der Waals surface area (Å²) in [5.74, 6) is 0.556. The van der Waals surface area contributed by atoms with Gasteiger partial charge in [0.05, 0.1) is 18.0 Å². The van der Waals surface area contributed by atoms with E-state index in [0.29, 0.717) is 30.1 Å². The van der Waals surface area contributed by atoms with E-state index < -0.39 is 27.6 Å². The van der Waals surface area contributed by atoms with E-state index in [1.165, 1.54) is 12.8 Å². The molecular weight excluding hydrogens is 482 g/mol. The van der Waals surface area contributed by atoms with Crippen LogP contribution in [0.1, 0.15) is 85.0 Å². The van der Waals surface area contributed by atoms with Crippen molar-refractivity contribution in [2.45, 2.75) is 97.2 Å². The van der Waals surface area contributed by atoms with Crippen LogP contribution in [-0.2, 0) is 19.7 Å². The van der Waals surface area contributed by atoms with Crippen molar-refractivity contribution < 1.29 is 32.8 Å². The van der Waals surface area contributed by atoms with Crippen LogP contribution in [0, 0.1) is 46.3 Å². The van der Waals surface area contributed by atoms with Gasteiger partial charge in [-0.3, -0.25) is 14.1 Å². The fraction of sp³-hybridized carbons (Fsp3) is 0.926. The van der Waals surface area contributed by atoms with Crippen LogP contribution in [0.15, 0.2) is 0 Å². The minimum absolute atomic E-state index is 0.0837. The third-order valence-electron chi connectivity index (χ3n) is 11.2. The Labute approximate surface area is 215 Å². The Morgan fingerprint density at radius 3 is 2.44 bits per heavy atom. The van der Waals surface area contributed by atoms with E-state index in [0.717, 1.165) is 38.5 Å². The first kappa shape index (κ1) is 28.0. The highest BCUT2D eigenvalue weighted by Gasteiger charge is 2.63.